The van der Waals surface area contributed by atoms with Crippen molar-refractivity contribution >= 4 is 28.4 Å². The summed E-state index contributed by atoms with van der Waals surface area (Å²) in [5.74, 6) is -0.738. The van der Waals surface area contributed by atoms with E-state index in [-0.39, 0.29) is 18.4 Å². The van der Waals surface area contributed by atoms with Gasteiger partial charge in [0.25, 0.3) is 5.91 Å². The van der Waals surface area contributed by atoms with Crippen LogP contribution in [-0.4, -0.2) is 22.8 Å². The van der Waals surface area contributed by atoms with E-state index >= 15 is 0 Å². The number of nitrogen functional groups attached to an aromatic ring is 1. The number of carbonyl (C=O) groups is 2. The quantitative estimate of drug-likeness (QED) is 0.608. The SMILES string of the molecule is CC(CC(N)=O)NC(=O)c1cc2cccc(N)c2[nH]1. The van der Waals surface area contributed by atoms with Crippen molar-refractivity contribution < 1.29 is 9.59 Å². The first-order chi connectivity index (χ1) is 8.97. The Labute approximate surface area is 110 Å². The summed E-state index contributed by atoms with van der Waals surface area (Å²) >= 11 is 0. The number of rotatable bonds is 4. The molecule has 2 rings (SSSR count). The van der Waals surface area contributed by atoms with Crippen LogP contribution in [0.5, 0.6) is 0 Å². The number of aromatic amines is 1. The van der Waals surface area contributed by atoms with Crippen molar-refractivity contribution in [2.45, 2.75) is 19.4 Å². The third-order valence-electron chi connectivity index (χ3n) is 2.82. The standard InChI is InChI=1S/C13H16N4O2/c1-7(5-11(15)18)16-13(19)10-6-8-3-2-4-9(14)12(8)17-10/h2-4,6-7,17H,5,14H2,1H3,(H2,15,18)(H,16,19). The summed E-state index contributed by atoms with van der Waals surface area (Å²) in [6, 6.07) is 6.86. The van der Waals surface area contributed by atoms with E-state index in [1.807, 2.05) is 12.1 Å². The highest BCUT2D eigenvalue weighted by atomic mass is 16.2. The lowest BCUT2D eigenvalue weighted by atomic mass is 10.2. The van der Waals surface area contributed by atoms with E-state index in [9.17, 15) is 9.59 Å². The first-order valence-electron chi connectivity index (χ1n) is 5.93. The number of hydrogen-bond donors (Lipinski definition) is 4. The number of H-pyrrole nitrogens is 1. The molecule has 19 heavy (non-hydrogen) atoms. The van der Waals surface area contributed by atoms with Crippen LogP contribution in [0.25, 0.3) is 10.9 Å². The Balaban J connectivity index is 2.18. The molecular weight excluding hydrogens is 244 g/mol. The first kappa shape index (κ1) is 12.9. The summed E-state index contributed by atoms with van der Waals surface area (Å²) in [7, 11) is 0. The van der Waals surface area contributed by atoms with Gasteiger partial charge in [0, 0.05) is 17.8 Å². The van der Waals surface area contributed by atoms with Crippen molar-refractivity contribution in [3.05, 3.63) is 30.0 Å². The minimum Gasteiger partial charge on any atom is -0.397 e. The number of anilines is 1. The highest BCUT2D eigenvalue weighted by molar-refractivity contribution is 6.01. The van der Waals surface area contributed by atoms with Crippen LogP contribution in [0, 0.1) is 0 Å². The van der Waals surface area contributed by atoms with Gasteiger partial charge in [-0.25, -0.2) is 0 Å². The summed E-state index contributed by atoms with van der Waals surface area (Å²) < 4.78 is 0. The van der Waals surface area contributed by atoms with Crippen molar-refractivity contribution in [2.24, 2.45) is 5.73 Å². The van der Waals surface area contributed by atoms with Gasteiger partial charge < -0.3 is 21.8 Å². The fourth-order valence-electron chi connectivity index (χ4n) is 1.96. The van der Waals surface area contributed by atoms with E-state index in [2.05, 4.69) is 10.3 Å². The molecule has 0 spiro atoms. The smallest absolute Gasteiger partial charge is 0.267 e. The molecule has 1 unspecified atom stereocenters. The lowest BCUT2D eigenvalue weighted by Crippen LogP contribution is -2.35. The van der Waals surface area contributed by atoms with Crippen molar-refractivity contribution in [3.63, 3.8) is 0 Å². The van der Waals surface area contributed by atoms with Gasteiger partial charge in [0.05, 0.1) is 11.2 Å². The Bertz CT molecular complexity index is 633. The third-order valence-corrected chi connectivity index (χ3v) is 2.82. The van der Waals surface area contributed by atoms with E-state index in [4.69, 9.17) is 11.5 Å². The largest absolute Gasteiger partial charge is 0.397 e. The van der Waals surface area contributed by atoms with E-state index < -0.39 is 5.91 Å². The highest BCUT2D eigenvalue weighted by Crippen LogP contribution is 2.21. The van der Waals surface area contributed by atoms with E-state index in [0.717, 1.165) is 10.9 Å². The van der Waals surface area contributed by atoms with E-state index in [1.165, 1.54) is 0 Å². The van der Waals surface area contributed by atoms with Crippen molar-refractivity contribution in [2.75, 3.05) is 5.73 Å². The van der Waals surface area contributed by atoms with Gasteiger partial charge in [0.2, 0.25) is 5.91 Å². The number of hydrogen-bond acceptors (Lipinski definition) is 3. The zero-order chi connectivity index (χ0) is 14.0. The van der Waals surface area contributed by atoms with Crippen LogP contribution >= 0.6 is 0 Å². The Morgan fingerprint density at radius 3 is 2.79 bits per heavy atom. The molecule has 0 fully saturated rings. The molecular formula is C13H16N4O2. The molecule has 100 valence electrons. The zero-order valence-corrected chi connectivity index (χ0v) is 10.6. The van der Waals surface area contributed by atoms with Crippen LogP contribution in [0.4, 0.5) is 5.69 Å². The van der Waals surface area contributed by atoms with Crippen molar-refractivity contribution in [1.29, 1.82) is 0 Å². The molecule has 6 nitrogen and oxygen atoms in total. The Morgan fingerprint density at radius 2 is 2.16 bits per heavy atom. The van der Waals surface area contributed by atoms with Gasteiger partial charge in [0.1, 0.15) is 5.69 Å². The van der Waals surface area contributed by atoms with Crippen molar-refractivity contribution in [1.82, 2.24) is 10.3 Å². The zero-order valence-electron chi connectivity index (χ0n) is 10.6. The number of aromatic nitrogens is 1. The molecule has 0 aliphatic rings. The van der Waals surface area contributed by atoms with Crippen LogP contribution in [0.1, 0.15) is 23.8 Å². The molecule has 0 aliphatic heterocycles. The first-order valence-corrected chi connectivity index (χ1v) is 5.93. The molecule has 0 radical (unpaired) electrons. The Kier molecular flexibility index (Phi) is 3.41. The molecule has 0 aliphatic carbocycles. The van der Waals surface area contributed by atoms with Crippen LogP contribution in [0.2, 0.25) is 0 Å². The number of primary amides is 1. The molecule has 1 atom stereocenters. The molecule has 1 heterocycles. The predicted molar refractivity (Wildman–Crippen MR) is 73.5 cm³/mol. The van der Waals surface area contributed by atoms with Gasteiger partial charge in [-0.15, -0.1) is 0 Å². The summed E-state index contributed by atoms with van der Waals surface area (Å²) in [6.45, 7) is 1.72. The molecule has 0 bridgehead atoms. The number of carbonyl (C=O) groups excluding carboxylic acids is 2. The molecule has 1 aromatic carbocycles. The number of nitrogens with two attached hydrogens (primary N) is 2. The second-order valence-corrected chi connectivity index (χ2v) is 4.54. The van der Waals surface area contributed by atoms with E-state index in [1.54, 1.807) is 19.1 Å². The van der Waals surface area contributed by atoms with Crippen molar-refractivity contribution in [3.8, 4) is 0 Å². The maximum atomic E-state index is 12.0. The minimum atomic E-state index is -0.450. The van der Waals surface area contributed by atoms with Gasteiger partial charge in [0.15, 0.2) is 0 Å². The molecule has 6 heteroatoms. The Hall–Kier alpha value is -2.50. The highest BCUT2D eigenvalue weighted by Gasteiger charge is 2.14. The third kappa shape index (κ3) is 2.85. The van der Waals surface area contributed by atoms with Crippen LogP contribution in [0.3, 0.4) is 0 Å². The lowest BCUT2D eigenvalue weighted by Gasteiger charge is -2.10. The molecule has 2 amide bonds. The number of amides is 2. The molecule has 6 N–H and O–H groups in total. The molecule has 0 saturated heterocycles. The Morgan fingerprint density at radius 1 is 1.42 bits per heavy atom. The van der Waals surface area contributed by atoms with E-state index in [0.29, 0.717) is 11.4 Å². The molecule has 0 saturated carbocycles. The monoisotopic (exact) mass is 260 g/mol. The summed E-state index contributed by atoms with van der Waals surface area (Å²) in [5, 5.41) is 3.56. The number of nitrogens with one attached hydrogen (secondary N) is 2. The fraction of sp³-hybridized carbons (Fsp3) is 0.231. The maximum absolute atomic E-state index is 12.0. The second-order valence-electron chi connectivity index (χ2n) is 4.54. The predicted octanol–water partition coefficient (Wildman–Crippen LogP) is 0.744. The topological polar surface area (TPSA) is 114 Å². The van der Waals surface area contributed by atoms with Crippen LogP contribution < -0.4 is 16.8 Å². The summed E-state index contributed by atoms with van der Waals surface area (Å²) in [4.78, 5) is 25.7. The number of benzene rings is 1. The normalized spacial score (nSPS) is 12.3. The van der Waals surface area contributed by atoms with Gasteiger partial charge in [-0.05, 0) is 19.1 Å². The van der Waals surface area contributed by atoms with Gasteiger partial charge in [-0.3, -0.25) is 9.59 Å². The van der Waals surface area contributed by atoms with Gasteiger partial charge in [-0.1, -0.05) is 12.1 Å². The summed E-state index contributed by atoms with van der Waals surface area (Å²) in [6.07, 6.45) is 0.105. The minimum absolute atomic E-state index is 0.105. The van der Waals surface area contributed by atoms with Crippen LogP contribution in [-0.2, 0) is 4.79 Å². The maximum Gasteiger partial charge on any atom is 0.267 e. The summed E-state index contributed by atoms with van der Waals surface area (Å²) in [5.41, 5.74) is 12.6. The fourth-order valence-corrected chi connectivity index (χ4v) is 1.96. The molecule has 1 aromatic heterocycles. The second kappa shape index (κ2) is 5.01. The van der Waals surface area contributed by atoms with Gasteiger partial charge in [-0.2, -0.15) is 0 Å². The number of para-hydroxylation sites is 1. The van der Waals surface area contributed by atoms with Crippen LogP contribution in [0.15, 0.2) is 24.3 Å². The number of fused-ring (bicyclic) bond motifs is 1. The molecule has 2 aromatic rings. The average molecular weight is 260 g/mol. The average Bonchev–Trinajstić information content (AvgIpc) is 2.73. The lowest BCUT2D eigenvalue weighted by molar-refractivity contribution is -0.118. The van der Waals surface area contributed by atoms with Gasteiger partial charge >= 0.3 is 0 Å².